The molecule has 0 saturated carbocycles. The monoisotopic (exact) mass is 205 g/mol. The van der Waals surface area contributed by atoms with Crippen LogP contribution in [0.5, 0.6) is 5.75 Å². The third-order valence-electron chi connectivity index (χ3n) is 2.90. The van der Waals surface area contributed by atoms with Crippen molar-refractivity contribution in [2.45, 2.75) is 32.3 Å². The van der Waals surface area contributed by atoms with Crippen LogP contribution in [0.15, 0.2) is 24.3 Å². The lowest BCUT2D eigenvalue weighted by Gasteiger charge is -2.24. The van der Waals surface area contributed by atoms with Gasteiger partial charge in [-0.1, -0.05) is 19.1 Å². The number of piperidine rings is 1. The first-order valence-electron chi connectivity index (χ1n) is 5.85. The summed E-state index contributed by atoms with van der Waals surface area (Å²) in [6.07, 6.45) is 3.72. The van der Waals surface area contributed by atoms with Crippen LogP contribution in [0.1, 0.15) is 25.3 Å². The first-order chi connectivity index (χ1) is 7.38. The Bertz CT molecular complexity index is 305. The highest BCUT2D eigenvalue weighted by Gasteiger charge is 2.14. The van der Waals surface area contributed by atoms with Crippen molar-refractivity contribution in [1.82, 2.24) is 5.32 Å². The number of hydrogen-bond donors (Lipinski definition) is 1. The Morgan fingerprint density at radius 3 is 2.87 bits per heavy atom. The Balaban J connectivity index is 1.96. The number of nitrogens with one attached hydrogen (secondary N) is 1. The minimum absolute atomic E-state index is 0.401. The van der Waals surface area contributed by atoms with Crippen molar-refractivity contribution in [2.75, 3.05) is 13.1 Å². The van der Waals surface area contributed by atoms with Gasteiger partial charge in [0.25, 0.3) is 0 Å². The first kappa shape index (κ1) is 10.5. The molecule has 0 bridgehead atoms. The highest BCUT2D eigenvalue weighted by molar-refractivity contribution is 5.28. The van der Waals surface area contributed by atoms with Gasteiger partial charge in [-0.3, -0.25) is 0 Å². The minimum Gasteiger partial charge on any atom is -0.490 e. The van der Waals surface area contributed by atoms with Crippen molar-refractivity contribution in [3.8, 4) is 5.75 Å². The quantitative estimate of drug-likeness (QED) is 0.818. The maximum atomic E-state index is 5.96. The summed E-state index contributed by atoms with van der Waals surface area (Å²) in [6, 6.07) is 8.44. The van der Waals surface area contributed by atoms with Crippen LogP contribution in [0.4, 0.5) is 0 Å². The van der Waals surface area contributed by atoms with E-state index in [1.54, 1.807) is 0 Å². The molecule has 2 heteroatoms. The van der Waals surface area contributed by atoms with Gasteiger partial charge in [-0.25, -0.2) is 0 Å². The molecule has 1 aliphatic rings. The molecule has 1 N–H and O–H groups in total. The molecule has 0 atom stereocenters. The molecule has 0 aromatic heterocycles. The Kier molecular flexibility index (Phi) is 3.62. The van der Waals surface area contributed by atoms with E-state index in [0.29, 0.717) is 6.10 Å². The van der Waals surface area contributed by atoms with E-state index < -0.39 is 0 Å². The van der Waals surface area contributed by atoms with E-state index in [1.807, 2.05) is 0 Å². The summed E-state index contributed by atoms with van der Waals surface area (Å²) in [5.74, 6) is 1.03. The van der Waals surface area contributed by atoms with Gasteiger partial charge in [0.2, 0.25) is 0 Å². The Labute approximate surface area is 91.6 Å². The molecule has 1 fully saturated rings. The summed E-state index contributed by atoms with van der Waals surface area (Å²) in [5.41, 5.74) is 1.35. The van der Waals surface area contributed by atoms with Crippen LogP contribution >= 0.6 is 0 Å². The SMILES string of the molecule is CCc1cccc(OC2CCNCC2)c1. The van der Waals surface area contributed by atoms with Gasteiger partial charge in [0, 0.05) is 0 Å². The van der Waals surface area contributed by atoms with Gasteiger partial charge in [0.1, 0.15) is 11.9 Å². The second-order valence-electron chi connectivity index (χ2n) is 4.07. The van der Waals surface area contributed by atoms with Crippen molar-refractivity contribution in [3.63, 3.8) is 0 Å². The van der Waals surface area contributed by atoms with E-state index in [2.05, 4.69) is 36.5 Å². The Hall–Kier alpha value is -1.02. The van der Waals surface area contributed by atoms with Gasteiger partial charge in [-0.15, -0.1) is 0 Å². The third-order valence-corrected chi connectivity index (χ3v) is 2.90. The fourth-order valence-corrected chi connectivity index (χ4v) is 1.94. The summed E-state index contributed by atoms with van der Waals surface area (Å²) in [4.78, 5) is 0. The number of benzene rings is 1. The maximum absolute atomic E-state index is 5.96. The first-order valence-corrected chi connectivity index (χ1v) is 5.85. The molecule has 2 rings (SSSR count). The van der Waals surface area contributed by atoms with E-state index >= 15 is 0 Å². The zero-order chi connectivity index (χ0) is 10.5. The van der Waals surface area contributed by atoms with Crippen LogP contribution in [0.3, 0.4) is 0 Å². The minimum atomic E-state index is 0.401. The van der Waals surface area contributed by atoms with Crippen molar-refractivity contribution in [3.05, 3.63) is 29.8 Å². The van der Waals surface area contributed by atoms with Gasteiger partial charge in [-0.05, 0) is 50.0 Å². The van der Waals surface area contributed by atoms with E-state index in [9.17, 15) is 0 Å². The van der Waals surface area contributed by atoms with Crippen LogP contribution in [-0.2, 0) is 6.42 Å². The molecule has 0 amide bonds. The van der Waals surface area contributed by atoms with Gasteiger partial charge in [0.05, 0.1) is 0 Å². The van der Waals surface area contributed by atoms with Gasteiger partial charge in [0.15, 0.2) is 0 Å². The second kappa shape index (κ2) is 5.17. The topological polar surface area (TPSA) is 21.3 Å². The van der Waals surface area contributed by atoms with Gasteiger partial charge >= 0.3 is 0 Å². The van der Waals surface area contributed by atoms with Crippen molar-refractivity contribution in [2.24, 2.45) is 0 Å². The Morgan fingerprint density at radius 2 is 2.13 bits per heavy atom. The molecule has 1 aliphatic heterocycles. The number of ether oxygens (including phenoxy) is 1. The molecule has 15 heavy (non-hydrogen) atoms. The lowest BCUT2D eigenvalue weighted by molar-refractivity contribution is 0.162. The molecule has 0 aliphatic carbocycles. The summed E-state index contributed by atoms with van der Waals surface area (Å²) in [5, 5.41) is 3.34. The average molecular weight is 205 g/mol. The smallest absolute Gasteiger partial charge is 0.119 e. The van der Waals surface area contributed by atoms with Crippen LogP contribution in [-0.4, -0.2) is 19.2 Å². The molecular weight excluding hydrogens is 186 g/mol. The molecule has 0 radical (unpaired) electrons. The van der Waals surface area contributed by atoms with Gasteiger partial charge < -0.3 is 10.1 Å². The molecule has 1 aromatic carbocycles. The average Bonchev–Trinajstić information content (AvgIpc) is 2.31. The maximum Gasteiger partial charge on any atom is 0.119 e. The van der Waals surface area contributed by atoms with Crippen LogP contribution in [0.25, 0.3) is 0 Å². The predicted octanol–water partition coefficient (Wildman–Crippen LogP) is 2.38. The fraction of sp³-hybridized carbons (Fsp3) is 0.538. The van der Waals surface area contributed by atoms with Crippen LogP contribution in [0.2, 0.25) is 0 Å². The van der Waals surface area contributed by atoms with E-state index in [4.69, 9.17) is 4.74 Å². The number of hydrogen-bond acceptors (Lipinski definition) is 2. The summed E-state index contributed by atoms with van der Waals surface area (Å²) < 4.78 is 5.96. The van der Waals surface area contributed by atoms with Crippen molar-refractivity contribution >= 4 is 0 Å². The standard InChI is InChI=1S/C13H19NO/c1-2-11-4-3-5-13(10-11)15-12-6-8-14-9-7-12/h3-5,10,12,14H,2,6-9H2,1H3. The fourth-order valence-electron chi connectivity index (χ4n) is 1.94. The Morgan fingerprint density at radius 1 is 1.33 bits per heavy atom. The predicted molar refractivity (Wildman–Crippen MR) is 62.3 cm³/mol. The van der Waals surface area contributed by atoms with Crippen molar-refractivity contribution in [1.29, 1.82) is 0 Å². The number of aryl methyl sites for hydroxylation is 1. The molecule has 2 nitrogen and oxygen atoms in total. The number of rotatable bonds is 3. The highest BCUT2D eigenvalue weighted by atomic mass is 16.5. The van der Waals surface area contributed by atoms with E-state index in [1.165, 1.54) is 5.56 Å². The van der Waals surface area contributed by atoms with Crippen LogP contribution < -0.4 is 10.1 Å². The molecule has 1 heterocycles. The molecule has 0 unspecified atom stereocenters. The zero-order valence-electron chi connectivity index (χ0n) is 9.33. The lowest BCUT2D eigenvalue weighted by Crippen LogP contribution is -2.34. The molecule has 82 valence electrons. The normalized spacial score (nSPS) is 17.7. The van der Waals surface area contributed by atoms with Crippen LogP contribution in [0, 0.1) is 0 Å². The van der Waals surface area contributed by atoms with Crippen molar-refractivity contribution < 1.29 is 4.74 Å². The second-order valence-corrected chi connectivity index (χ2v) is 4.07. The largest absolute Gasteiger partial charge is 0.490 e. The summed E-state index contributed by atoms with van der Waals surface area (Å²) in [6.45, 7) is 4.33. The molecule has 0 spiro atoms. The summed E-state index contributed by atoms with van der Waals surface area (Å²) >= 11 is 0. The highest BCUT2D eigenvalue weighted by Crippen LogP contribution is 2.18. The van der Waals surface area contributed by atoms with E-state index in [-0.39, 0.29) is 0 Å². The molecule has 1 aromatic rings. The lowest BCUT2D eigenvalue weighted by atomic mass is 10.1. The van der Waals surface area contributed by atoms with Gasteiger partial charge in [-0.2, -0.15) is 0 Å². The third kappa shape index (κ3) is 2.96. The molecular formula is C13H19NO. The summed E-state index contributed by atoms with van der Waals surface area (Å²) in [7, 11) is 0. The molecule has 1 saturated heterocycles. The van der Waals surface area contributed by atoms with E-state index in [0.717, 1.165) is 38.1 Å². The zero-order valence-corrected chi connectivity index (χ0v) is 9.33.